The first kappa shape index (κ1) is 32.9. The fourth-order valence-electron chi connectivity index (χ4n) is 6.26. The summed E-state index contributed by atoms with van der Waals surface area (Å²) in [6.45, 7) is 4.91. The second-order valence-electron chi connectivity index (χ2n) is 11.6. The highest BCUT2D eigenvalue weighted by Crippen LogP contribution is 2.40. The zero-order chi connectivity index (χ0) is 32.0. The molecule has 2 fully saturated rings. The number of benzene rings is 2. The fraction of sp³-hybridized carbons (Fsp3) is 0.500. The number of piperidine rings is 1. The summed E-state index contributed by atoms with van der Waals surface area (Å²) in [7, 11) is 1.58. The van der Waals surface area contributed by atoms with Crippen molar-refractivity contribution in [3.63, 3.8) is 0 Å². The molecule has 2 aliphatic rings. The molecule has 10 nitrogen and oxygen atoms in total. The van der Waals surface area contributed by atoms with Crippen LogP contribution in [0.5, 0.6) is 11.5 Å². The molecule has 3 N–H and O–H groups in total. The van der Waals surface area contributed by atoms with Crippen LogP contribution >= 0.6 is 0 Å². The molecule has 0 spiro atoms. The number of carbonyl (C=O) groups excluding carboxylic acids is 1. The van der Waals surface area contributed by atoms with E-state index in [2.05, 4.69) is 9.88 Å². The van der Waals surface area contributed by atoms with Crippen molar-refractivity contribution < 1.29 is 42.5 Å². The molecule has 3 heterocycles. The molecule has 2 aromatic carbocycles. The first-order valence-corrected chi connectivity index (χ1v) is 15.1. The average molecular weight is 633 g/mol. The van der Waals surface area contributed by atoms with Gasteiger partial charge >= 0.3 is 0 Å². The molecule has 3 aromatic rings. The zero-order valence-electron chi connectivity index (χ0n) is 25.2. The maximum absolute atomic E-state index is 13.5. The maximum atomic E-state index is 13.5. The molecule has 0 unspecified atom stereocenters. The van der Waals surface area contributed by atoms with E-state index in [0.29, 0.717) is 64.4 Å². The first-order chi connectivity index (χ1) is 21.7. The highest BCUT2D eigenvalue weighted by molar-refractivity contribution is 5.85. The molecule has 45 heavy (non-hydrogen) atoms. The number of hydroxylamine groups is 1. The molecule has 0 aliphatic carbocycles. The van der Waals surface area contributed by atoms with Gasteiger partial charge in [0.1, 0.15) is 18.1 Å². The van der Waals surface area contributed by atoms with Gasteiger partial charge in [-0.15, -0.1) is 0 Å². The Morgan fingerprint density at radius 2 is 1.78 bits per heavy atom. The molecule has 244 valence electrons. The van der Waals surface area contributed by atoms with E-state index in [1.807, 2.05) is 28.6 Å². The van der Waals surface area contributed by atoms with Gasteiger partial charge in [0.05, 0.1) is 37.4 Å². The van der Waals surface area contributed by atoms with Crippen LogP contribution in [0, 0.1) is 22.9 Å². The summed E-state index contributed by atoms with van der Waals surface area (Å²) in [6, 6.07) is 7.14. The van der Waals surface area contributed by atoms with Crippen LogP contribution in [0.2, 0.25) is 0 Å². The van der Waals surface area contributed by atoms with Gasteiger partial charge in [-0.3, -0.25) is 24.8 Å². The molecule has 13 heteroatoms. The van der Waals surface area contributed by atoms with Crippen molar-refractivity contribution >= 4 is 16.8 Å². The lowest BCUT2D eigenvalue weighted by molar-refractivity contribution is -0.143. The van der Waals surface area contributed by atoms with Gasteiger partial charge in [0.25, 0.3) is 0 Å². The van der Waals surface area contributed by atoms with Crippen LogP contribution in [0.25, 0.3) is 10.9 Å². The SMILES string of the molecule is COc1ccc2ncc(CN3CCOCC3)c([C@H](O)CCC3(C(=O)NO)CCN(CCOc4cc(F)c(F)c(F)c4)CC3)c2c1. The first-order valence-electron chi connectivity index (χ1n) is 15.1. The molecular formula is C32H39F3N4O6. The number of fused-ring (bicyclic) bond motifs is 1. The summed E-state index contributed by atoms with van der Waals surface area (Å²) < 4.78 is 56.6. The molecule has 0 saturated carbocycles. The predicted octanol–water partition coefficient (Wildman–Crippen LogP) is 3.97. The number of aliphatic hydroxyl groups excluding tert-OH is 1. The van der Waals surface area contributed by atoms with Gasteiger partial charge in [0, 0.05) is 49.9 Å². The Labute approximate surface area is 259 Å². The molecule has 2 saturated heterocycles. The molecule has 1 atom stereocenters. The van der Waals surface area contributed by atoms with Crippen LogP contribution in [0.15, 0.2) is 36.5 Å². The highest BCUT2D eigenvalue weighted by Gasteiger charge is 2.41. The third kappa shape index (κ3) is 7.67. The largest absolute Gasteiger partial charge is 0.497 e. The molecule has 5 rings (SSSR count). The van der Waals surface area contributed by atoms with Gasteiger partial charge < -0.3 is 19.3 Å². The fourth-order valence-corrected chi connectivity index (χ4v) is 6.26. The number of methoxy groups -OCH3 is 1. The Balaban J connectivity index is 1.27. The number of hydrogen-bond donors (Lipinski definition) is 3. The minimum atomic E-state index is -1.55. The highest BCUT2D eigenvalue weighted by atomic mass is 19.2. The van der Waals surface area contributed by atoms with Crippen molar-refractivity contribution in [2.75, 3.05) is 59.7 Å². The van der Waals surface area contributed by atoms with Gasteiger partial charge in [-0.05, 0) is 68.1 Å². The summed E-state index contributed by atoms with van der Waals surface area (Å²) in [5.74, 6) is -4.16. The lowest BCUT2D eigenvalue weighted by Crippen LogP contribution is -2.49. The van der Waals surface area contributed by atoms with E-state index in [0.717, 1.165) is 47.3 Å². The number of hydrogen-bond acceptors (Lipinski definition) is 9. The van der Waals surface area contributed by atoms with E-state index in [9.17, 15) is 28.3 Å². The summed E-state index contributed by atoms with van der Waals surface area (Å²) in [6.07, 6.45) is 2.31. The summed E-state index contributed by atoms with van der Waals surface area (Å²) >= 11 is 0. The molecular weight excluding hydrogens is 593 g/mol. The van der Waals surface area contributed by atoms with Crippen LogP contribution in [-0.4, -0.2) is 90.7 Å². The number of nitrogens with one attached hydrogen (secondary N) is 1. The van der Waals surface area contributed by atoms with Crippen LogP contribution < -0.4 is 15.0 Å². The zero-order valence-corrected chi connectivity index (χ0v) is 25.2. The average Bonchev–Trinajstić information content (AvgIpc) is 3.06. The van der Waals surface area contributed by atoms with Crippen molar-refractivity contribution in [2.45, 2.75) is 38.3 Å². The monoisotopic (exact) mass is 632 g/mol. The minimum Gasteiger partial charge on any atom is -0.497 e. The van der Waals surface area contributed by atoms with Crippen molar-refractivity contribution in [3.8, 4) is 11.5 Å². The van der Waals surface area contributed by atoms with Gasteiger partial charge in [0.2, 0.25) is 5.91 Å². The number of halogens is 3. The van der Waals surface area contributed by atoms with Gasteiger partial charge in [-0.1, -0.05) is 0 Å². The van der Waals surface area contributed by atoms with Crippen LogP contribution in [0.4, 0.5) is 13.2 Å². The van der Waals surface area contributed by atoms with E-state index >= 15 is 0 Å². The topological polar surface area (TPSA) is 117 Å². The van der Waals surface area contributed by atoms with Gasteiger partial charge in [0.15, 0.2) is 17.5 Å². The smallest absolute Gasteiger partial charge is 0.249 e. The Morgan fingerprint density at radius 1 is 1.07 bits per heavy atom. The molecule has 0 radical (unpaired) electrons. The molecule has 1 amide bonds. The number of aliphatic hydroxyl groups is 1. The van der Waals surface area contributed by atoms with Crippen molar-refractivity contribution in [1.82, 2.24) is 20.3 Å². The number of aromatic nitrogens is 1. The number of nitrogens with zero attached hydrogens (tertiary/aromatic N) is 3. The molecule has 0 bridgehead atoms. The minimum absolute atomic E-state index is 0.104. The normalized spacial score (nSPS) is 18.1. The third-order valence-electron chi connectivity index (χ3n) is 8.96. The number of ether oxygens (including phenoxy) is 3. The summed E-state index contributed by atoms with van der Waals surface area (Å²) in [5, 5.41) is 22.1. The van der Waals surface area contributed by atoms with E-state index < -0.39 is 34.9 Å². The number of pyridine rings is 1. The lowest BCUT2D eigenvalue weighted by Gasteiger charge is -2.40. The maximum Gasteiger partial charge on any atom is 0.249 e. The second-order valence-corrected chi connectivity index (χ2v) is 11.6. The lowest BCUT2D eigenvalue weighted by atomic mass is 9.73. The number of carbonyl (C=O) groups is 1. The van der Waals surface area contributed by atoms with Gasteiger partial charge in [-0.2, -0.15) is 0 Å². The Bertz CT molecular complexity index is 1460. The third-order valence-corrected chi connectivity index (χ3v) is 8.96. The molecule has 1 aromatic heterocycles. The summed E-state index contributed by atoms with van der Waals surface area (Å²) in [4.78, 5) is 22.0. The molecule has 2 aliphatic heterocycles. The Hall–Kier alpha value is -3.49. The Kier molecular flexibility index (Phi) is 10.8. The van der Waals surface area contributed by atoms with Crippen molar-refractivity contribution in [1.29, 1.82) is 0 Å². The van der Waals surface area contributed by atoms with E-state index in [1.54, 1.807) is 13.3 Å². The Morgan fingerprint density at radius 3 is 2.44 bits per heavy atom. The van der Waals surface area contributed by atoms with Crippen molar-refractivity contribution in [2.24, 2.45) is 5.41 Å². The van der Waals surface area contributed by atoms with Crippen LogP contribution in [-0.2, 0) is 16.1 Å². The quantitative estimate of drug-likeness (QED) is 0.155. The van der Waals surface area contributed by atoms with Crippen LogP contribution in [0.1, 0.15) is 42.9 Å². The predicted molar refractivity (Wildman–Crippen MR) is 158 cm³/mol. The van der Waals surface area contributed by atoms with Crippen LogP contribution in [0.3, 0.4) is 0 Å². The van der Waals surface area contributed by atoms with E-state index in [1.165, 1.54) is 0 Å². The number of likely N-dealkylation sites (tertiary alicyclic amines) is 1. The number of morpholine rings is 1. The number of amides is 1. The van der Waals surface area contributed by atoms with Gasteiger partial charge in [-0.25, -0.2) is 18.7 Å². The summed E-state index contributed by atoms with van der Waals surface area (Å²) in [5.41, 5.74) is 3.27. The standard InChI is InChI=1S/C32H39F3N4O6/c1-43-22-2-3-27-24(16-22)29(21(19-36-27)20-39-10-13-44-14-11-39)28(40)4-5-32(31(41)37-42)6-8-38(9-7-32)12-15-45-23-17-25(33)30(35)26(34)18-23/h2-3,16-19,28,40,42H,4-15,20H2,1H3,(H,37,41)/t28-/m1/s1. The number of rotatable bonds is 12. The second kappa shape index (κ2) is 14.7. The van der Waals surface area contributed by atoms with E-state index in [-0.39, 0.29) is 18.8 Å². The van der Waals surface area contributed by atoms with Crippen molar-refractivity contribution in [3.05, 3.63) is 65.1 Å². The van der Waals surface area contributed by atoms with E-state index in [4.69, 9.17) is 14.2 Å².